The molecule has 3 rings (SSSR count). The van der Waals surface area contributed by atoms with Crippen molar-refractivity contribution in [1.82, 2.24) is 10.2 Å². The maximum Gasteiger partial charge on any atom is 0.573 e. The second-order valence-electron chi connectivity index (χ2n) is 6.21. The summed E-state index contributed by atoms with van der Waals surface area (Å²) in [5.74, 6) is 0.558. The fraction of sp³-hybridized carbons (Fsp3) is 0.389. The molecule has 1 aliphatic carbocycles. The van der Waals surface area contributed by atoms with Gasteiger partial charge in [-0.25, -0.2) is 4.79 Å². The van der Waals surface area contributed by atoms with Gasteiger partial charge in [0, 0.05) is 24.6 Å². The van der Waals surface area contributed by atoms with E-state index in [9.17, 15) is 18.0 Å². The quantitative estimate of drug-likeness (QED) is 0.870. The molecular formula is C18H19F3N2O3. The highest BCUT2D eigenvalue weighted by molar-refractivity contribution is 5.74. The van der Waals surface area contributed by atoms with E-state index in [0.29, 0.717) is 0 Å². The highest BCUT2D eigenvalue weighted by Crippen LogP contribution is 2.31. The minimum absolute atomic E-state index is 0.0109. The Morgan fingerprint density at radius 2 is 2.12 bits per heavy atom. The zero-order chi connectivity index (χ0) is 18.7. The molecule has 1 aliphatic rings. The van der Waals surface area contributed by atoms with Gasteiger partial charge in [-0.3, -0.25) is 0 Å². The predicted molar refractivity (Wildman–Crippen MR) is 87.5 cm³/mol. The van der Waals surface area contributed by atoms with Crippen molar-refractivity contribution in [1.29, 1.82) is 0 Å². The van der Waals surface area contributed by atoms with Crippen molar-refractivity contribution in [3.63, 3.8) is 0 Å². The SMILES string of the molecule is CN(Cc1ccccc1OC(F)(F)F)C(=O)NC1CCCc2occc21. The topological polar surface area (TPSA) is 54.7 Å². The number of benzene rings is 1. The Labute approximate surface area is 148 Å². The Morgan fingerprint density at radius 1 is 1.35 bits per heavy atom. The first-order valence-corrected chi connectivity index (χ1v) is 8.25. The number of nitrogens with zero attached hydrogens (tertiary/aromatic N) is 1. The minimum Gasteiger partial charge on any atom is -0.469 e. The summed E-state index contributed by atoms with van der Waals surface area (Å²) in [6, 6.07) is 7.09. The minimum atomic E-state index is -4.78. The van der Waals surface area contributed by atoms with Crippen LogP contribution < -0.4 is 10.1 Å². The maximum atomic E-state index is 12.5. The standard InChI is InChI=1S/C18H19F3N2O3/c1-23(11-12-5-2-3-7-15(12)26-18(19,20)21)17(24)22-14-6-4-8-16-13(14)9-10-25-16/h2-3,5,7,9-10,14H,4,6,8,11H2,1H3,(H,22,24). The van der Waals surface area contributed by atoms with Crippen LogP contribution in [0.4, 0.5) is 18.0 Å². The van der Waals surface area contributed by atoms with Crippen molar-refractivity contribution >= 4 is 6.03 Å². The summed E-state index contributed by atoms with van der Waals surface area (Å²) in [6.07, 6.45) is -0.649. The number of carbonyl (C=O) groups excluding carboxylic acids is 1. The van der Waals surface area contributed by atoms with E-state index in [1.807, 2.05) is 6.07 Å². The number of aryl methyl sites for hydroxylation is 1. The number of halogens is 3. The first-order valence-electron chi connectivity index (χ1n) is 8.25. The second-order valence-corrected chi connectivity index (χ2v) is 6.21. The molecule has 5 nitrogen and oxygen atoms in total. The van der Waals surface area contributed by atoms with E-state index in [0.717, 1.165) is 30.6 Å². The lowest BCUT2D eigenvalue weighted by Gasteiger charge is -2.26. The van der Waals surface area contributed by atoms with Crippen LogP contribution in [0.2, 0.25) is 0 Å². The third kappa shape index (κ3) is 4.30. The van der Waals surface area contributed by atoms with Crippen LogP contribution in [-0.4, -0.2) is 24.3 Å². The zero-order valence-corrected chi connectivity index (χ0v) is 14.2. The van der Waals surface area contributed by atoms with Gasteiger partial charge < -0.3 is 19.4 Å². The van der Waals surface area contributed by atoms with Crippen molar-refractivity contribution in [3.8, 4) is 5.75 Å². The number of ether oxygens (including phenoxy) is 1. The summed E-state index contributed by atoms with van der Waals surface area (Å²) in [7, 11) is 1.53. The van der Waals surface area contributed by atoms with Crippen LogP contribution in [0.3, 0.4) is 0 Å². The van der Waals surface area contributed by atoms with E-state index in [1.54, 1.807) is 12.3 Å². The van der Waals surface area contributed by atoms with Crippen molar-refractivity contribution in [2.45, 2.75) is 38.2 Å². The zero-order valence-electron chi connectivity index (χ0n) is 14.2. The molecule has 1 N–H and O–H groups in total. The summed E-state index contributed by atoms with van der Waals surface area (Å²) >= 11 is 0. The highest BCUT2D eigenvalue weighted by Gasteiger charge is 2.32. The molecule has 140 valence electrons. The lowest BCUT2D eigenvalue weighted by atomic mass is 9.93. The number of para-hydroxylation sites is 1. The van der Waals surface area contributed by atoms with Crippen molar-refractivity contribution in [3.05, 3.63) is 53.5 Å². The van der Waals surface area contributed by atoms with Gasteiger partial charge in [0.2, 0.25) is 0 Å². The first kappa shape index (κ1) is 18.2. The molecule has 0 spiro atoms. The molecule has 2 aromatic rings. The summed E-state index contributed by atoms with van der Waals surface area (Å²) in [6.45, 7) is -0.0109. The smallest absolute Gasteiger partial charge is 0.469 e. The molecule has 0 fully saturated rings. The van der Waals surface area contributed by atoms with Crippen LogP contribution in [0.15, 0.2) is 41.0 Å². The summed E-state index contributed by atoms with van der Waals surface area (Å²) in [5, 5.41) is 2.91. The molecule has 8 heteroatoms. The van der Waals surface area contributed by atoms with Crippen LogP contribution in [0.5, 0.6) is 5.75 Å². The van der Waals surface area contributed by atoms with E-state index >= 15 is 0 Å². The third-order valence-corrected chi connectivity index (χ3v) is 4.30. The van der Waals surface area contributed by atoms with E-state index in [1.165, 1.54) is 30.1 Å². The van der Waals surface area contributed by atoms with Gasteiger partial charge >= 0.3 is 12.4 Å². The van der Waals surface area contributed by atoms with Gasteiger partial charge in [0.15, 0.2) is 0 Å². The number of fused-ring (bicyclic) bond motifs is 1. The van der Waals surface area contributed by atoms with Gasteiger partial charge in [0.1, 0.15) is 11.5 Å². The fourth-order valence-electron chi connectivity index (χ4n) is 3.08. The van der Waals surface area contributed by atoms with Crippen LogP contribution >= 0.6 is 0 Å². The summed E-state index contributed by atoms with van der Waals surface area (Å²) in [4.78, 5) is 13.8. The van der Waals surface area contributed by atoms with E-state index in [2.05, 4.69) is 10.1 Å². The molecule has 1 unspecified atom stereocenters. The van der Waals surface area contributed by atoms with Gasteiger partial charge in [-0.15, -0.1) is 13.2 Å². The number of hydrogen-bond donors (Lipinski definition) is 1. The number of amides is 2. The molecule has 0 radical (unpaired) electrons. The lowest BCUT2D eigenvalue weighted by molar-refractivity contribution is -0.275. The third-order valence-electron chi connectivity index (χ3n) is 4.30. The Morgan fingerprint density at radius 3 is 2.88 bits per heavy atom. The van der Waals surface area contributed by atoms with Crippen LogP contribution in [0, 0.1) is 0 Å². The van der Waals surface area contributed by atoms with Crippen LogP contribution in [-0.2, 0) is 13.0 Å². The van der Waals surface area contributed by atoms with E-state index in [-0.39, 0.29) is 29.9 Å². The average Bonchev–Trinajstić information content (AvgIpc) is 3.05. The molecule has 0 aliphatic heterocycles. The van der Waals surface area contributed by atoms with Crippen molar-refractivity contribution < 1.29 is 27.1 Å². The molecule has 1 aromatic carbocycles. The van der Waals surface area contributed by atoms with Crippen molar-refractivity contribution in [2.24, 2.45) is 0 Å². The number of alkyl halides is 3. The van der Waals surface area contributed by atoms with Gasteiger partial charge in [-0.05, 0) is 25.0 Å². The Bertz CT molecular complexity index is 773. The number of furan rings is 1. The molecule has 0 saturated carbocycles. The Balaban J connectivity index is 1.66. The Hall–Kier alpha value is -2.64. The first-order chi connectivity index (χ1) is 12.3. The van der Waals surface area contributed by atoms with Crippen LogP contribution in [0.1, 0.15) is 35.8 Å². The lowest BCUT2D eigenvalue weighted by Crippen LogP contribution is -2.39. The number of nitrogens with one attached hydrogen (secondary N) is 1. The fourth-order valence-corrected chi connectivity index (χ4v) is 3.08. The second kappa shape index (κ2) is 7.31. The predicted octanol–water partition coefficient (Wildman–Crippen LogP) is 4.40. The van der Waals surface area contributed by atoms with E-state index < -0.39 is 6.36 Å². The molecule has 1 aromatic heterocycles. The van der Waals surface area contributed by atoms with Gasteiger partial charge in [-0.1, -0.05) is 18.2 Å². The van der Waals surface area contributed by atoms with Gasteiger partial charge in [0.25, 0.3) is 0 Å². The number of carbonyl (C=O) groups is 1. The average molecular weight is 368 g/mol. The van der Waals surface area contributed by atoms with Crippen molar-refractivity contribution in [2.75, 3.05) is 7.05 Å². The number of hydrogen-bond acceptors (Lipinski definition) is 3. The molecular weight excluding hydrogens is 349 g/mol. The Kier molecular flexibility index (Phi) is 5.11. The molecule has 1 heterocycles. The molecule has 2 amide bonds. The van der Waals surface area contributed by atoms with Gasteiger partial charge in [0.05, 0.1) is 18.8 Å². The number of rotatable bonds is 4. The molecule has 1 atom stereocenters. The monoisotopic (exact) mass is 368 g/mol. The number of urea groups is 1. The molecule has 26 heavy (non-hydrogen) atoms. The summed E-state index contributed by atoms with van der Waals surface area (Å²) < 4.78 is 47.0. The maximum absolute atomic E-state index is 12.5. The molecule has 0 saturated heterocycles. The summed E-state index contributed by atoms with van der Waals surface area (Å²) in [5.41, 5.74) is 1.23. The highest BCUT2D eigenvalue weighted by atomic mass is 19.4. The largest absolute Gasteiger partial charge is 0.573 e. The van der Waals surface area contributed by atoms with Crippen LogP contribution in [0.25, 0.3) is 0 Å². The normalized spacial score (nSPS) is 16.7. The molecule has 0 bridgehead atoms. The van der Waals surface area contributed by atoms with E-state index in [4.69, 9.17) is 4.42 Å². The van der Waals surface area contributed by atoms with Gasteiger partial charge in [-0.2, -0.15) is 0 Å².